The lowest BCUT2D eigenvalue weighted by atomic mass is 9.96. The molecule has 0 aliphatic carbocycles. The summed E-state index contributed by atoms with van der Waals surface area (Å²) in [7, 11) is -3.34. The molecular formula is C20H18BrN3O6S. The normalized spacial score (nSPS) is 11.3. The van der Waals surface area contributed by atoms with Gasteiger partial charge in [-0.15, -0.1) is 10.1 Å². The molecule has 0 bridgehead atoms. The molecule has 0 amide bonds. The molecule has 0 aliphatic heterocycles. The number of hydrogen-bond acceptors (Lipinski definition) is 7. The standard InChI is InChI=1S/C20H18BrN3O6S/c1-31(28,29)16-10-6-14(7-11-16)19-18(13-4-8-15(21)9-5-13)20(23-22-19)17(25)3-2-12-30-24(26)27/h4-11H,2-3,12H2,1H3,(H,22,23). The smallest absolute Gasteiger partial charge is 0.294 e. The van der Waals surface area contributed by atoms with Crippen molar-refractivity contribution >= 4 is 31.6 Å². The average Bonchev–Trinajstić information content (AvgIpc) is 3.16. The molecule has 162 valence electrons. The van der Waals surface area contributed by atoms with Crippen LogP contribution in [0.1, 0.15) is 23.3 Å². The van der Waals surface area contributed by atoms with E-state index in [-0.39, 0.29) is 35.8 Å². The van der Waals surface area contributed by atoms with Gasteiger partial charge >= 0.3 is 0 Å². The van der Waals surface area contributed by atoms with Crippen LogP contribution in [0.4, 0.5) is 0 Å². The van der Waals surface area contributed by atoms with Gasteiger partial charge in [-0.25, -0.2) is 8.42 Å². The van der Waals surface area contributed by atoms with Crippen LogP contribution in [-0.4, -0.2) is 42.3 Å². The fraction of sp³-hybridized carbons (Fsp3) is 0.200. The summed E-state index contributed by atoms with van der Waals surface area (Å²) in [5, 5.41) is 16.5. The number of rotatable bonds is 9. The zero-order valence-electron chi connectivity index (χ0n) is 16.4. The Morgan fingerprint density at radius 1 is 1.13 bits per heavy atom. The number of benzene rings is 2. The number of carbonyl (C=O) groups is 1. The Bertz CT molecular complexity index is 1200. The van der Waals surface area contributed by atoms with Crippen molar-refractivity contribution in [3.63, 3.8) is 0 Å². The first kappa shape index (κ1) is 22.6. The summed E-state index contributed by atoms with van der Waals surface area (Å²) in [6.07, 6.45) is 1.34. The van der Waals surface area contributed by atoms with E-state index in [1.54, 1.807) is 12.1 Å². The molecule has 11 heteroatoms. The lowest BCUT2D eigenvalue weighted by Crippen LogP contribution is -2.07. The number of aromatic amines is 1. The third-order valence-corrected chi connectivity index (χ3v) is 6.14. The Balaban J connectivity index is 1.99. The minimum Gasteiger partial charge on any atom is -0.314 e. The number of nitrogens with zero attached hydrogens (tertiary/aromatic N) is 2. The zero-order valence-corrected chi connectivity index (χ0v) is 18.8. The fourth-order valence-corrected chi connectivity index (χ4v) is 3.90. The van der Waals surface area contributed by atoms with E-state index in [1.807, 2.05) is 24.3 Å². The van der Waals surface area contributed by atoms with Crippen molar-refractivity contribution in [2.24, 2.45) is 0 Å². The van der Waals surface area contributed by atoms with Gasteiger partial charge in [0.25, 0.3) is 5.09 Å². The number of H-pyrrole nitrogens is 1. The third kappa shape index (κ3) is 5.56. The highest BCUT2D eigenvalue weighted by Crippen LogP contribution is 2.35. The summed E-state index contributed by atoms with van der Waals surface area (Å²) in [6.45, 7) is -0.180. The van der Waals surface area contributed by atoms with Crippen molar-refractivity contribution in [2.45, 2.75) is 17.7 Å². The number of Topliss-reactive ketones (excluding diaryl/α,β-unsaturated/α-hetero) is 1. The van der Waals surface area contributed by atoms with Crippen LogP contribution < -0.4 is 0 Å². The van der Waals surface area contributed by atoms with Gasteiger partial charge in [0.15, 0.2) is 15.6 Å². The van der Waals surface area contributed by atoms with Gasteiger partial charge < -0.3 is 4.84 Å². The molecule has 0 radical (unpaired) electrons. The molecule has 3 aromatic rings. The molecular weight excluding hydrogens is 490 g/mol. The molecule has 0 saturated heterocycles. The summed E-state index contributed by atoms with van der Waals surface area (Å²) in [5.74, 6) is -0.267. The summed E-state index contributed by atoms with van der Waals surface area (Å²) >= 11 is 3.38. The first-order chi connectivity index (χ1) is 14.7. The zero-order chi connectivity index (χ0) is 22.6. The van der Waals surface area contributed by atoms with Crippen LogP contribution >= 0.6 is 15.9 Å². The van der Waals surface area contributed by atoms with Crippen LogP contribution in [0, 0.1) is 10.1 Å². The van der Waals surface area contributed by atoms with E-state index in [0.717, 1.165) is 16.3 Å². The van der Waals surface area contributed by atoms with Gasteiger partial charge in [-0.05, 0) is 36.2 Å². The van der Waals surface area contributed by atoms with Crippen LogP contribution in [0.15, 0.2) is 57.9 Å². The van der Waals surface area contributed by atoms with Crippen molar-refractivity contribution < 1.29 is 23.1 Å². The topological polar surface area (TPSA) is 132 Å². The summed E-state index contributed by atoms with van der Waals surface area (Å²) < 4.78 is 24.3. The summed E-state index contributed by atoms with van der Waals surface area (Å²) in [6, 6.07) is 13.6. The highest BCUT2D eigenvalue weighted by Gasteiger charge is 2.22. The predicted octanol–water partition coefficient (Wildman–Crippen LogP) is 4.08. The molecule has 0 spiro atoms. The monoisotopic (exact) mass is 507 g/mol. The van der Waals surface area contributed by atoms with Crippen LogP contribution in [0.2, 0.25) is 0 Å². The molecule has 0 fully saturated rings. The molecule has 3 rings (SSSR count). The van der Waals surface area contributed by atoms with Gasteiger partial charge in [-0.3, -0.25) is 9.89 Å². The van der Waals surface area contributed by atoms with Crippen LogP contribution in [-0.2, 0) is 14.7 Å². The van der Waals surface area contributed by atoms with Crippen molar-refractivity contribution in [1.29, 1.82) is 0 Å². The van der Waals surface area contributed by atoms with Gasteiger partial charge in [-0.2, -0.15) is 5.10 Å². The Labute approximate surface area is 186 Å². The van der Waals surface area contributed by atoms with Crippen LogP contribution in [0.5, 0.6) is 0 Å². The Morgan fingerprint density at radius 2 is 1.74 bits per heavy atom. The molecule has 2 aromatic carbocycles. The third-order valence-electron chi connectivity index (χ3n) is 4.48. The van der Waals surface area contributed by atoms with Crippen molar-refractivity contribution in [3.8, 4) is 22.4 Å². The van der Waals surface area contributed by atoms with E-state index in [9.17, 15) is 23.3 Å². The van der Waals surface area contributed by atoms with E-state index in [0.29, 0.717) is 16.8 Å². The molecule has 31 heavy (non-hydrogen) atoms. The molecule has 9 nitrogen and oxygen atoms in total. The average molecular weight is 508 g/mol. The number of aromatic nitrogens is 2. The van der Waals surface area contributed by atoms with Crippen LogP contribution in [0.3, 0.4) is 0 Å². The van der Waals surface area contributed by atoms with E-state index >= 15 is 0 Å². The van der Waals surface area contributed by atoms with Gasteiger partial charge in [0, 0.05) is 28.3 Å². The van der Waals surface area contributed by atoms with Crippen LogP contribution in [0.25, 0.3) is 22.4 Å². The highest BCUT2D eigenvalue weighted by atomic mass is 79.9. The van der Waals surface area contributed by atoms with Gasteiger partial charge in [-0.1, -0.05) is 40.2 Å². The van der Waals surface area contributed by atoms with E-state index in [1.165, 1.54) is 12.1 Å². The van der Waals surface area contributed by atoms with Crippen molar-refractivity contribution in [1.82, 2.24) is 10.2 Å². The molecule has 0 atom stereocenters. The minimum atomic E-state index is -3.34. The maximum absolute atomic E-state index is 12.8. The van der Waals surface area contributed by atoms with Gasteiger partial charge in [0.2, 0.25) is 0 Å². The number of nitrogens with one attached hydrogen (secondary N) is 1. The molecule has 1 N–H and O–H groups in total. The Morgan fingerprint density at radius 3 is 2.32 bits per heavy atom. The van der Waals surface area contributed by atoms with Gasteiger partial charge in [0.1, 0.15) is 11.4 Å². The number of hydrogen-bond donors (Lipinski definition) is 1. The molecule has 0 aliphatic rings. The van der Waals surface area contributed by atoms with E-state index in [2.05, 4.69) is 31.0 Å². The quantitative estimate of drug-likeness (QED) is 0.199. The predicted molar refractivity (Wildman–Crippen MR) is 117 cm³/mol. The minimum absolute atomic E-state index is 0.0337. The first-order valence-corrected chi connectivity index (χ1v) is 11.8. The highest BCUT2D eigenvalue weighted by molar-refractivity contribution is 9.10. The Kier molecular flexibility index (Phi) is 6.86. The summed E-state index contributed by atoms with van der Waals surface area (Å²) in [4.78, 5) is 27.5. The van der Waals surface area contributed by atoms with Gasteiger partial charge in [0.05, 0.1) is 11.5 Å². The SMILES string of the molecule is CS(=O)(=O)c1ccc(-c2n[nH]c(C(=O)CCCO[N+](=O)[O-])c2-c2ccc(Br)cc2)cc1. The Hall–Kier alpha value is -3.05. The summed E-state index contributed by atoms with van der Waals surface area (Å²) in [5.41, 5.74) is 2.71. The lowest BCUT2D eigenvalue weighted by molar-refractivity contribution is -0.757. The van der Waals surface area contributed by atoms with Crippen molar-refractivity contribution in [3.05, 3.63) is 68.8 Å². The first-order valence-electron chi connectivity index (χ1n) is 9.12. The second-order valence-electron chi connectivity index (χ2n) is 6.71. The number of halogens is 1. The van der Waals surface area contributed by atoms with E-state index in [4.69, 9.17) is 0 Å². The second kappa shape index (κ2) is 9.40. The second-order valence-corrected chi connectivity index (χ2v) is 9.64. The maximum Gasteiger partial charge on any atom is 0.294 e. The number of ketones is 1. The van der Waals surface area contributed by atoms with Crippen molar-refractivity contribution in [2.75, 3.05) is 12.9 Å². The fourth-order valence-electron chi connectivity index (χ4n) is 3.01. The largest absolute Gasteiger partial charge is 0.314 e. The molecule has 1 heterocycles. The number of sulfone groups is 1. The number of carbonyl (C=O) groups excluding carboxylic acids is 1. The molecule has 1 aromatic heterocycles. The molecule has 0 unspecified atom stereocenters. The molecule has 0 saturated carbocycles. The maximum atomic E-state index is 12.8. The lowest BCUT2D eigenvalue weighted by Gasteiger charge is -2.07. The van der Waals surface area contributed by atoms with E-state index < -0.39 is 14.9 Å².